The highest BCUT2D eigenvalue weighted by atomic mass is 32.2. The van der Waals surface area contributed by atoms with Crippen LogP contribution in [0.4, 0.5) is 0 Å². The highest BCUT2D eigenvalue weighted by Gasteiger charge is 2.35. The van der Waals surface area contributed by atoms with Crippen molar-refractivity contribution in [3.8, 4) is 5.75 Å². The average molecular weight is 427 g/mol. The number of aliphatic hydroxyl groups excluding tert-OH is 1. The van der Waals surface area contributed by atoms with Crippen molar-refractivity contribution in [2.45, 2.75) is 25.4 Å². The topological polar surface area (TPSA) is 83.8 Å². The molecule has 1 aliphatic carbocycles. The Balaban J connectivity index is 1.21. The van der Waals surface area contributed by atoms with Crippen molar-refractivity contribution in [1.82, 2.24) is 8.61 Å². The van der Waals surface area contributed by atoms with Gasteiger partial charge in [0.2, 0.25) is 0 Å². The van der Waals surface area contributed by atoms with Crippen LogP contribution in [0.25, 0.3) is 0 Å². The smallest absolute Gasteiger partial charge is 0.282 e. The van der Waals surface area contributed by atoms with Gasteiger partial charge >= 0.3 is 0 Å². The maximum absolute atomic E-state index is 12.7. The molecule has 0 saturated carbocycles. The van der Waals surface area contributed by atoms with Crippen molar-refractivity contribution < 1.29 is 27.9 Å². The van der Waals surface area contributed by atoms with E-state index in [0.29, 0.717) is 59.0 Å². The molecule has 0 amide bonds. The number of morpholine rings is 1. The Hall–Kier alpha value is -1.23. The van der Waals surface area contributed by atoms with Crippen molar-refractivity contribution in [3.05, 3.63) is 29.3 Å². The summed E-state index contributed by atoms with van der Waals surface area (Å²) in [6.07, 6.45) is 2.89. The van der Waals surface area contributed by atoms with Crippen LogP contribution >= 0.6 is 0 Å². The van der Waals surface area contributed by atoms with Crippen molar-refractivity contribution in [2.24, 2.45) is 0 Å². The molecule has 1 aromatic rings. The van der Waals surface area contributed by atoms with E-state index in [1.165, 1.54) is 26.8 Å². The van der Waals surface area contributed by atoms with E-state index < -0.39 is 16.3 Å². The fourth-order valence-electron chi connectivity index (χ4n) is 4.40. The van der Waals surface area contributed by atoms with E-state index in [4.69, 9.17) is 9.47 Å². The maximum atomic E-state index is 12.7. The minimum Gasteiger partial charge on any atom is -0.491 e. The van der Waals surface area contributed by atoms with Gasteiger partial charge < -0.3 is 19.5 Å². The van der Waals surface area contributed by atoms with Gasteiger partial charge in [0, 0.05) is 13.1 Å². The summed E-state index contributed by atoms with van der Waals surface area (Å²) in [7, 11) is -3.40. The molecule has 8 nitrogen and oxygen atoms in total. The molecule has 2 N–H and O–H groups in total. The first-order valence-corrected chi connectivity index (χ1v) is 12.0. The highest BCUT2D eigenvalue weighted by Crippen LogP contribution is 2.26. The quantitative estimate of drug-likeness (QED) is 0.566. The van der Waals surface area contributed by atoms with Crippen LogP contribution in [0.15, 0.2) is 18.2 Å². The van der Waals surface area contributed by atoms with Gasteiger partial charge in [0.05, 0.1) is 39.4 Å². The normalized spacial score (nSPS) is 23.1. The highest BCUT2D eigenvalue weighted by molar-refractivity contribution is 7.86. The average Bonchev–Trinajstić information content (AvgIpc) is 3.21. The standard InChI is InChI=1S/C20H31N3O5S/c24-19(16-28-20-5-4-17-2-1-3-18(17)14-20)15-21-6-8-22(9-7-21)29(25,26)23-10-12-27-13-11-23/h4-5,14,19,24H,1-3,6-13,15-16H2/p+1/t19-/m1/s1. The number of fused-ring (bicyclic) bond motifs is 1. The number of benzene rings is 1. The minimum atomic E-state index is -3.40. The summed E-state index contributed by atoms with van der Waals surface area (Å²) in [4.78, 5) is 1.21. The molecular weight excluding hydrogens is 394 g/mol. The number of aliphatic hydroxyl groups is 1. The van der Waals surface area contributed by atoms with Gasteiger partial charge in [0.15, 0.2) is 0 Å². The Morgan fingerprint density at radius 3 is 2.52 bits per heavy atom. The lowest BCUT2D eigenvalue weighted by molar-refractivity contribution is -0.906. The number of nitrogens with zero attached hydrogens (tertiary/aromatic N) is 2. The molecule has 0 spiro atoms. The molecular formula is C20H32N3O5S+. The number of aryl methyl sites for hydroxylation is 2. The van der Waals surface area contributed by atoms with Crippen LogP contribution in [0.3, 0.4) is 0 Å². The zero-order valence-electron chi connectivity index (χ0n) is 16.9. The van der Waals surface area contributed by atoms with Crippen LogP contribution in [0.2, 0.25) is 0 Å². The molecule has 9 heteroatoms. The summed E-state index contributed by atoms with van der Waals surface area (Å²) in [6.45, 7) is 4.94. The number of quaternary nitrogens is 1. The van der Waals surface area contributed by atoms with Crippen molar-refractivity contribution in [2.75, 3.05) is 65.6 Å². The second kappa shape index (κ2) is 9.28. The summed E-state index contributed by atoms with van der Waals surface area (Å²) < 4.78 is 39.6. The Morgan fingerprint density at radius 1 is 1.07 bits per heavy atom. The third-order valence-corrected chi connectivity index (χ3v) is 8.12. The lowest BCUT2D eigenvalue weighted by atomic mass is 10.1. The fourth-order valence-corrected chi connectivity index (χ4v) is 5.98. The zero-order valence-corrected chi connectivity index (χ0v) is 17.7. The van der Waals surface area contributed by atoms with E-state index in [1.807, 2.05) is 6.07 Å². The van der Waals surface area contributed by atoms with E-state index >= 15 is 0 Å². The fraction of sp³-hybridized carbons (Fsp3) is 0.700. The summed E-state index contributed by atoms with van der Waals surface area (Å²) in [5.41, 5.74) is 2.77. The molecule has 3 aliphatic rings. The molecule has 4 rings (SSSR count). The SMILES string of the molecule is O=S(=O)(N1CCOCC1)N1CC[NH+](C[C@@H](O)COc2ccc3c(c2)CCC3)CC1. The summed E-state index contributed by atoms with van der Waals surface area (Å²) in [5.74, 6) is 0.820. The van der Waals surface area contributed by atoms with Gasteiger partial charge in [-0.05, 0) is 42.5 Å². The summed E-state index contributed by atoms with van der Waals surface area (Å²) in [5, 5.41) is 10.4. The third kappa shape index (κ3) is 5.10. The van der Waals surface area contributed by atoms with Crippen molar-refractivity contribution in [3.63, 3.8) is 0 Å². The second-order valence-electron chi connectivity index (χ2n) is 8.12. The zero-order chi connectivity index (χ0) is 20.3. The first-order chi connectivity index (χ1) is 14.0. The molecule has 0 unspecified atom stereocenters. The molecule has 162 valence electrons. The molecule has 29 heavy (non-hydrogen) atoms. The Bertz CT molecular complexity index is 789. The molecule has 2 fully saturated rings. The van der Waals surface area contributed by atoms with E-state index in [9.17, 15) is 13.5 Å². The van der Waals surface area contributed by atoms with Crippen LogP contribution in [-0.2, 0) is 27.8 Å². The predicted molar refractivity (Wildman–Crippen MR) is 108 cm³/mol. The number of ether oxygens (including phenoxy) is 2. The molecule has 0 bridgehead atoms. The molecule has 2 aliphatic heterocycles. The number of hydrogen-bond donors (Lipinski definition) is 2. The van der Waals surface area contributed by atoms with E-state index in [0.717, 1.165) is 18.6 Å². The van der Waals surface area contributed by atoms with Gasteiger partial charge in [0.1, 0.15) is 25.0 Å². The molecule has 0 radical (unpaired) electrons. The van der Waals surface area contributed by atoms with Gasteiger partial charge in [-0.2, -0.15) is 17.0 Å². The van der Waals surface area contributed by atoms with E-state index in [-0.39, 0.29) is 6.61 Å². The first kappa shape index (κ1) is 21.0. The van der Waals surface area contributed by atoms with Crippen molar-refractivity contribution >= 4 is 10.2 Å². The van der Waals surface area contributed by atoms with Gasteiger partial charge in [0.25, 0.3) is 10.2 Å². The molecule has 1 atom stereocenters. The second-order valence-corrected chi connectivity index (χ2v) is 10.0. The lowest BCUT2D eigenvalue weighted by Crippen LogP contribution is -3.16. The largest absolute Gasteiger partial charge is 0.491 e. The lowest BCUT2D eigenvalue weighted by Gasteiger charge is -2.36. The van der Waals surface area contributed by atoms with Crippen LogP contribution in [-0.4, -0.2) is 93.9 Å². The number of rotatable bonds is 7. The van der Waals surface area contributed by atoms with E-state index in [1.54, 1.807) is 4.31 Å². The van der Waals surface area contributed by atoms with Gasteiger partial charge in [-0.3, -0.25) is 0 Å². The Kier molecular flexibility index (Phi) is 6.73. The van der Waals surface area contributed by atoms with Crippen LogP contribution in [0.1, 0.15) is 17.5 Å². The Labute approximate surface area is 173 Å². The van der Waals surface area contributed by atoms with Crippen LogP contribution < -0.4 is 9.64 Å². The Morgan fingerprint density at radius 2 is 1.76 bits per heavy atom. The summed E-state index contributed by atoms with van der Waals surface area (Å²) >= 11 is 0. The van der Waals surface area contributed by atoms with Crippen molar-refractivity contribution in [1.29, 1.82) is 0 Å². The number of hydrogen-bond acceptors (Lipinski definition) is 5. The number of nitrogens with one attached hydrogen (secondary N) is 1. The molecule has 1 aromatic carbocycles. The molecule has 2 saturated heterocycles. The van der Waals surface area contributed by atoms with Gasteiger partial charge in [-0.25, -0.2) is 0 Å². The first-order valence-electron chi connectivity index (χ1n) is 10.6. The van der Waals surface area contributed by atoms with E-state index in [2.05, 4.69) is 12.1 Å². The predicted octanol–water partition coefficient (Wildman–Crippen LogP) is -1.31. The molecule has 0 aromatic heterocycles. The summed E-state index contributed by atoms with van der Waals surface area (Å²) in [6, 6.07) is 6.21. The van der Waals surface area contributed by atoms with Gasteiger partial charge in [-0.1, -0.05) is 6.07 Å². The molecule has 2 heterocycles. The number of piperazine rings is 1. The third-order valence-electron chi connectivity index (χ3n) is 6.09. The monoisotopic (exact) mass is 426 g/mol. The minimum absolute atomic E-state index is 0.262. The van der Waals surface area contributed by atoms with Gasteiger partial charge in [-0.15, -0.1) is 0 Å². The maximum Gasteiger partial charge on any atom is 0.282 e. The van der Waals surface area contributed by atoms with Crippen LogP contribution in [0.5, 0.6) is 5.75 Å². The van der Waals surface area contributed by atoms with Crippen LogP contribution in [0, 0.1) is 0 Å².